The van der Waals surface area contributed by atoms with Gasteiger partial charge in [-0.15, -0.1) is 0 Å². The highest BCUT2D eigenvalue weighted by Crippen LogP contribution is 2.25. The Balaban J connectivity index is 2.18. The number of amides is 2. The van der Waals surface area contributed by atoms with Crippen LogP contribution in [-0.2, 0) is 4.74 Å². The Bertz CT molecular complexity index is 866. The molecule has 0 heterocycles. The third-order valence-electron chi connectivity index (χ3n) is 3.64. The quantitative estimate of drug-likeness (QED) is 0.809. The monoisotopic (exact) mass is 387 g/mol. The molecule has 7 nitrogen and oxygen atoms in total. The van der Waals surface area contributed by atoms with Crippen LogP contribution in [0.2, 0.25) is 5.02 Å². The molecular formula is C19H18ClN3O4. The third-order valence-corrected chi connectivity index (χ3v) is 3.88. The summed E-state index contributed by atoms with van der Waals surface area (Å²) >= 11 is 5.99. The molecule has 0 spiro atoms. The summed E-state index contributed by atoms with van der Waals surface area (Å²) in [5.74, 6) is 0.218. The van der Waals surface area contributed by atoms with E-state index in [1.807, 2.05) is 0 Å². The molecule has 0 saturated heterocycles. The number of nitrogens with one attached hydrogen (secondary N) is 1. The molecule has 2 aromatic carbocycles. The number of hydrogen-bond donors (Lipinski definition) is 1. The van der Waals surface area contributed by atoms with Gasteiger partial charge in [-0.25, -0.2) is 9.59 Å². The third kappa shape index (κ3) is 5.36. The summed E-state index contributed by atoms with van der Waals surface area (Å²) < 4.78 is 9.89. The van der Waals surface area contributed by atoms with Crippen LogP contribution < -0.4 is 10.1 Å². The van der Waals surface area contributed by atoms with Crippen molar-refractivity contribution in [3.8, 4) is 11.8 Å². The van der Waals surface area contributed by atoms with E-state index in [0.717, 1.165) is 0 Å². The first-order valence-electron chi connectivity index (χ1n) is 8.07. The molecule has 2 aromatic rings. The van der Waals surface area contributed by atoms with Gasteiger partial charge in [0.25, 0.3) is 0 Å². The van der Waals surface area contributed by atoms with E-state index in [1.165, 1.54) is 18.1 Å². The number of nitriles is 1. The van der Waals surface area contributed by atoms with Crippen LogP contribution in [0.4, 0.5) is 15.3 Å². The van der Waals surface area contributed by atoms with Crippen LogP contribution in [0.25, 0.3) is 0 Å². The zero-order valence-electron chi connectivity index (χ0n) is 14.8. The largest absolute Gasteiger partial charge is 0.453 e. The average molecular weight is 388 g/mol. The molecule has 140 valence electrons. The molecular weight excluding hydrogens is 370 g/mol. The van der Waals surface area contributed by atoms with Gasteiger partial charge < -0.3 is 9.47 Å². The molecule has 2 rings (SSSR count). The Hall–Kier alpha value is -3.24. The van der Waals surface area contributed by atoms with Crippen molar-refractivity contribution in [2.45, 2.75) is 13.0 Å². The molecule has 1 N–H and O–H groups in total. The molecule has 0 fully saturated rings. The first kappa shape index (κ1) is 20.1. The van der Waals surface area contributed by atoms with Gasteiger partial charge in [-0.1, -0.05) is 29.8 Å². The second-order valence-corrected chi connectivity index (χ2v) is 5.82. The molecule has 8 heteroatoms. The lowest BCUT2D eigenvalue weighted by Crippen LogP contribution is -2.36. The average Bonchev–Trinajstić information content (AvgIpc) is 2.65. The lowest BCUT2D eigenvalue weighted by atomic mass is 10.1. The number of ether oxygens (including phenoxy) is 2. The number of carbonyl (C=O) groups excluding carboxylic acids is 2. The molecule has 2 amide bonds. The van der Waals surface area contributed by atoms with E-state index in [2.05, 4.69) is 16.1 Å². The minimum Gasteiger partial charge on any atom is -0.453 e. The first-order valence-corrected chi connectivity index (χ1v) is 8.44. The van der Waals surface area contributed by atoms with Gasteiger partial charge in [-0.3, -0.25) is 10.2 Å². The Morgan fingerprint density at radius 2 is 2.00 bits per heavy atom. The highest BCUT2D eigenvalue weighted by Gasteiger charge is 2.25. The summed E-state index contributed by atoms with van der Waals surface area (Å²) in [6.07, 6.45) is -1.33. The van der Waals surface area contributed by atoms with Crippen molar-refractivity contribution in [2.75, 3.05) is 19.0 Å². The highest BCUT2D eigenvalue weighted by atomic mass is 35.5. The summed E-state index contributed by atoms with van der Waals surface area (Å²) in [5, 5.41) is 12.5. The molecule has 0 aliphatic carbocycles. The van der Waals surface area contributed by atoms with Gasteiger partial charge in [-0.2, -0.15) is 5.26 Å². The van der Waals surface area contributed by atoms with Gasteiger partial charge in [0.1, 0.15) is 11.8 Å². The lowest BCUT2D eigenvalue weighted by molar-refractivity contribution is 0.145. The normalized spacial score (nSPS) is 11.0. The van der Waals surface area contributed by atoms with E-state index in [-0.39, 0.29) is 12.3 Å². The number of nitrogens with zero attached hydrogens (tertiary/aromatic N) is 2. The van der Waals surface area contributed by atoms with Crippen molar-refractivity contribution >= 4 is 29.5 Å². The Labute approximate surface area is 162 Å². The number of hydrogen-bond acceptors (Lipinski definition) is 5. The second kappa shape index (κ2) is 9.46. The SMILES string of the molecule is CCN(C(=O)Oc1cccc(NC(=O)OC)c1)C(C#N)c1cccc(Cl)c1. The van der Waals surface area contributed by atoms with Crippen molar-refractivity contribution < 1.29 is 19.1 Å². The predicted molar refractivity (Wildman–Crippen MR) is 101 cm³/mol. The Morgan fingerprint density at radius 3 is 2.63 bits per heavy atom. The summed E-state index contributed by atoms with van der Waals surface area (Å²) in [5.41, 5.74) is 0.992. The molecule has 1 unspecified atom stereocenters. The van der Waals surface area contributed by atoms with Gasteiger partial charge in [-0.05, 0) is 36.8 Å². The Morgan fingerprint density at radius 1 is 1.26 bits per heavy atom. The highest BCUT2D eigenvalue weighted by molar-refractivity contribution is 6.30. The summed E-state index contributed by atoms with van der Waals surface area (Å²) in [7, 11) is 1.25. The van der Waals surface area contributed by atoms with Crippen molar-refractivity contribution in [3.63, 3.8) is 0 Å². The first-order chi connectivity index (χ1) is 13.0. The van der Waals surface area contributed by atoms with E-state index >= 15 is 0 Å². The fraction of sp³-hybridized carbons (Fsp3) is 0.211. The van der Waals surface area contributed by atoms with Crippen LogP contribution in [0.3, 0.4) is 0 Å². The lowest BCUT2D eigenvalue weighted by Gasteiger charge is -2.25. The summed E-state index contributed by atoms with van der Waals surface area (Å²) in [6.45, 7) is 2.00. The Kier molecular flexibility index (Phi) is 7.03. The van der Waals surface area contributed by atoms with Crippen LogP contribution in [0, 0.1) is 11.3 Å². The van der Waals surface area contributed by atoms with E-state index in [4.69, 9.17) is 16.3 Å². The molecule has 27 heavy (non-hydrogen) atoms. The topological polar surface area (TPSA) is 91.7 Å². The van der Waals surface area contributed by atoms with Crippen molar-refractivity contribution in [3.05, 3.63) is 59.1 Å². The van der Waals surface area contributed by atoms with E-state index in [9.17, 15) is 14.9 Å². The molecule has 0 saturated carbocycles. The molecule has 0 aliphatic heterocycles. The predicted octanol–water partition coefficient (Wildman–Crippen LogP) is 4.60. The summed E-state index contributed by atoms with van der Waals surface area (Å²) in [4.78, 5) is 25.2. The maximum Gasteiger partial charge on any atom is 0.416 e. The molecule has 1 atom stereocenters. The van der Waals surface area contributed by atoms with Crippen LogP contribution in [0.15, 0.2) is 48.5 Å². The van der Waals surface area contributed by atoms with Gasteiger partial charge in [0.2, 0.25) is 0 Å². The fourth-order valence-electron chi connectivity index (χ4n) is 2.38. The van der Waals surface area contributed by atoms with Gasteiger partial charge in [0.15, 0.2) is 0 Å². The zero-order chi connectivity index (χ0) is 19.8. The minimum absolute atomic E-state index is 0.218. The second-order valence-electron chi connectivity index (χ2n) is 5.39. The van der Waals surface area contributed by atoms with Crippen LogP contribution >= 0.6 is 11.6 Å². The smallest absolute Gasteiger partial charge is 0.416 e. The van der Waals surface area contributed by atoms with Crippen molar-refractivity contribution in [2.24, 2.45) is 0 Å². The van der Waals surface area contributed by atoms with E-state index in [0.29, 0.717) is 16.3 Å². The molecule has 0 bridgehead atoms. The van der Waals surface area contributed by atoms with Gasteiger partial charge in [0.05, 0.1) is 13.2 Å². The van der Waals surface area contributed by atoms with E-state index in [1.54, 1.807) is 49.4 Å². The van der Waals surface area contributed by atoms with Crippen LogP contribution in [-0.4, -0.2) is 30.7 Å². The number of rotatable bonds is 5. The standard InChI is InChI=1S/C19H18ClN3O4/c1-3-23(17(12-21)13-6-4-7-14(20)10-13)19(25)27-16-9-5-8-15(11-16)22-18(24)26-2/h4-11,17H,3H2,1-2H3,(H,22,24). The molecule has 0 radical (unpaired) electrons. The number of methoxy groups -OCH3 is 1. The van der Waals surface area contributed by atoms with Crippen LogP contribution in [0.5, 0.6) is 5.75 Å². The fourth-order valence-corrected chi connectivity index (χ4v) is 2.58. The zero-order valence-corrected chi connectivity index (χ0v) is 15.6. The molecule has 0 aliphatic rings. The number of benzene rings is 2. The molecule has 0 aromatic heterocycles. The minimum atomic E-state index is -0.849. The maximum atomic E-state index is 12.6. The number of anilines is 1. The number of halogens is 1. The van der Waals surface area contributed by atoms with Crippen molar-refractivity contribution in [1.29, 1.82) is 5.26 Å². The summed E-state index contributed by atoms with van der Waals surface area (Å²) in [6, 6.07) is 14.3. The number of carbonyl (C=O) groups is 2. The van der Waals surface area contributed by atoms with E-state index < -0.39 is 18.2 Å². The van der Waals surface area contributed by atoms with Crippen LogP contribution in [0.1, 0.15) is 18.5 Å². The van der Waals surface area contributed by atoms with Crippen molar-refractivity contribution in [1.82, 2.24) is 4.90 Å². The van der Waals surface area contributed by atoms with Gasteiger partial charge in [0, 0.05) is 23.3 Å². The van der Waals surface area contributed by atoms with Gasteiger partial charge >= 0.3 is 12.2 Å². The maximum absolute atomic E-state index is 12.6.